The molecule has 6 nitrogen and oxygen atoms in total. The molecule has 0 bridgehead atoms. The topological polar surface area (TPSA) is 82.2 Å². The van der Waals surface area contributed by atoms with Gasteiger partial charge >= 0.3 is 5.63 Å². The number of imidazole rings is 1. The summed E-state index contributed by atoms with van der Waals surface area (Å²) in [4.78, 5) is 15.4. The van der Waals surface area contributed by atoms with Gasteiger partial charge in [0.15, 0.2) is 0 Å². The van der Waals surface area contributed by atoms with E-state index in [4.69, 9.17) is 4.42 Å². The second-order valence-electron chi connectivity index (χ2n) is 5.20. The third kappa shape index (κ3) is 2.33. The maximum absolute atomic E-state index is 12.8. The van der Waals surface area contributed by atoms with Crippen LogP contribution in [-0.4, -0.2) is 17.4 Å². The van der Waals surface area contributed by atoms with Crippen LogP contribution in [0.5, 0.6) is 0 Å². The number of hydrogen-bond donors (Lipinski definition) is 0. The third-order valence-electron chi connectivity index (χ3n) is 3.30. The summed E-state index contributed by atoms with van der Waals surface area (Å²) in [6.45, 7) is 3.76. The molecule has 2 heterocycles. The summed E-state index contributed by atoms with van der Waals surface area (Å²) < 4.78 is 31.7. The van der Waals surface area contributed by atoms with Crippen molar-refractivity contribution in [3.63, 3.8) is 0 Å². The van der Waals surface area contributed by atoms with Gasteiger partial charge in [-0.05, 0) is 24.3 Å². The van der Waals surface area contributed by atoms with Gasteiger partial charge in [-0.2, -0.15) is 0 Å². The lowest BCUT2D eigenvalue weighted by atomic mass is 10.2. The Morgan fingerprint density at radius 2 is 1.95 bits per heavy atom. The molecular formula is C15H14N2O4S. The molecular weight excluding hydrogens is 304 g/mol. The van der Waals surface area contributed by atoms with Crippen LogP contribution in [0.4, 0.5) is 0 Å². The second-order valence-corrected chi connectivity index (χ2v) is 7.01. The van der Waals surface area contributed by atoms with E-state index < -0.39 is 15.6 Å². The van der Waals surface area contributed by atoms with Crippen molar-refractivity contribution in [3.05, 3.63) is 59.0 Å². The Hall–Kier alpha value is -2.41. The van der Waals surface area contributed by atoms with Gasteiger partial charge in [-0.1, -0.05) is 13.8 Å². The van der Waals surface area contributed by atoms with Gasteiger partial charge in [0.2, 0.25) is 0 Å². The van der Waals surface area contributed by atoms with E-state index in [0.717, 1.165) is 0 Å². The molecule has 0 aliphatic carbocycles. The molecule has 0 N–H and O–H groups in total. The highest BCUT2D eigenvalue weighted by atomic mass is 32.2. The largest absolute Gasteiger partial charge is 0.423 e. The molecule has 114 valence electrons. The number of hydrogen-bond acceptors (Lipinski definition) is 5. The molecule has 0 amide bonds. The second kappa shape index (κ2) is 5.10. The zero-order chi connectivity index (χ0) is 15.9. The SMILES string of the molecule is CC(C)c1nccn1S(=O)(=O)c1ccc2oc(=O)ccc2c1. The fourth-order valence-electron chi connectivity index (χ4n) is 2.23. The first-order valence-corrected chi connectivity index (χ1v) is 8.16. The van der Waals surface area contributed by atoms with Crippen molar-refractivity contribution in [2.24, 2.45) is 0 Å². The summed E-state index contributed by atoms with van der Waals surface area (Å²) in [7, 11) is -3.74. The first-order valence-electron chi connectivity index (χ1n) is 6.72. The van der Waals surface area contributed by atoms with Gasteiger partial charge in [0, 0.05) is 29.8 Å². The summed E-state index contributed by atoms with van der Waals surface area (Å²) in [6.07, 6.45) is 2.90. The van der Waals surface area contributed by atoms with Crippen molar-refractivity contribution in [1.82, 2.24) is 8.96 Å². The van der Waals surface area contributed by atoms with Gasteiger partial charge in [-0.15, -0.1) is 0 Å². The van der Waals surface area contributed by atoms with Gasteiger partial charge in [0.25, 0.3) is 10.0 Å². The first-order chi connectivity index (χ1) is 10.4. The highest BCUT2D eigenvalue weighted by Crippen LogP contribution is 2.23. The molecule has 1 aromatic carbocycles. The van der Waals surface area contributed by atoms with E-state index in [9.17, 15) is 13.2 Å². The molecule has 0 saturated heterocycles. The van der Waals surface area contributed by atoms with Crippen LogP contribution in [0.2, 0.25) is 0 Å². The summed E-state index contributed by atoms with van der Waals surface area (Å²) in [5.74, 6) is 0.447. The zero-order valence-electron chi connectivity index (χ0n) is 12.1. The molecule has 0 atom stereocenters. The molecule has 3 aromatic rings. The maximum atomic E-state index is 12.8. The van der Waals surface area contributed by atoms with Crippen LogP contribution in [0.25, 0.3) is 11.0 Å². The molecule has 22 heavy (non-hydrogen) atoms. The van der Waals surface area contributed by atoms with E-state index in [2.05, 4.69) is 4.98 Å². The Labute approximate surface area is 127 Å². The normalized spacial score (nSPS) is 12.1. The summed E-state index contributed by atoms with van der Waals surface area (Å²) in [5, 5.41) is 0.548. The van der Waals surface area contributed by atoms with E-state index in [0.29, 0.717) is 16.8 Å². The lowest BCUT2D eigenvalue weighted by Gasteiger charge is -2.11. The molecule has 0 radical (unpaired) electrons. The van der Waals surface area contributed by atoms with Crippen LogP contribution < -0.4 is 5.63 Å². The minimum Gasteiger partial charge on any atom is -0.423 e. The third-order valence-corrected chi connectivity index (χ3v) is 4.97. The first kappa shape index (κ1) is 14.5. The average Bonchev–Trinajstić information content (AvgIpc) is 2.97. The molecule has 0 fully saturated rings. The number of benzene rings is 1. The molecule has 2 aromatic heterocycles. The van der Waals surface area contributed by atoms with Crippen LogP contribution in [0.15, 0.2) is 56.8 Å². The highest BCUT2D eigenvalue weighted by molar-refractivity contribution is 7.90. The van der Waals surface area contributed by atoms with Crippen molar-refractivity contribution >= 4 is 21.0 Å². The standard InChI is InChI=1S/C15H14N2O4S/c1-10(2)15-16-7-8-17(15)22(19,20)12-4-5-13-11(9-12)3-6-14(18)21-13/h3-10H,1-2H3. The van der Waals surface area contributed by atoms with Gasteiger partial charge in [-0.3, -0.25) is 0 Å². The van der Waals surface area contributed by atoms with Gasteiger partial charge in [0.1, 0.15) is 11.4 Å². The Kier molecular flexibility index (Phi) is 3.37. The van der Waals surface area contributed by atoms with Gasteiger partial charge < -0.3 is 4.42 Å². The summed E-state index contributed by atoms with van der Waals surface area (Å²) >= 11 is 0. The van der Waals surface area contributed by atoms with E-state index in [1.54, 1.807) is 0 Å². The van der Waals surface area contributed by atoms with E-state index in [-0.39, 0.29) is 10.8 Å². The van der Waals surface area contributed by atoms with E-state index in [1.807, 2.05) is 13.8 Å². The van der Waals surface area contributed by atoms with E-state index >= 15 is 0 Å². The van der Waals surface area contributed by atoms with Gasteiger partial charge in [0.05, 0.1) is 4.90 Å². The predicted molar refractivity (Wildman–Crippen MR) is 81.4 cm³/mol. The molecule has 7 heteroatoms. The summed E-state index contributed by atoms with van der Waals surface area (Å²) in [6, 6.07) is 7.19. The Morgan fingerprint density at radius 3 is 2.68 bits per heavy atom. The van der Waals surface area contributed by atoms with Crippen molar-refractivity contribution in [2.45, 2.75) is 24.7 Å². The Balaban J connectivity index is 2.19. The highest BCUT2D eigenvalue weighted by Gasteiger charge is 2.22. The molecule has 0 saturated carbocycles. The monoisotopic (exact) mass is 318 g/mol. The van der Waals surface area contributed by atoms with Crippen LogP contribution >= 0.6 is 0 Å². The van der Waals surface area contributed by atoms with Crippen molar-refractivity contribution in [2.75, 3.05) is 0 Å². The van der Waals surface area contributed by atoms with Crippen molar-refractivity contribution < 1.29 is 12.8 Å². The smallest absolute Gasteiger partial charge is 0.336 e. The molecule has 0 aliphatic rings. The number of aromatic nitrogens is 2. The maximum Gasteiger partial charge on any atom is 0.336 e. The average molecular weight is 318 g/mol. The fraction of sp³-hybridized carbons (Fsp3) is 0.200. The van der Waals surface area contributed by atoms with Crippen LogP contribution in [0, 0.1) is 0 Å². The predicted octanol–water partition coefficient (Wildman–Crippen LogP) is 2.35. The van der Waals surface area contributed by atoms with Crippen molar-refractivity contribution in [1.29, 1.82) is 0 Å². The molecule has 0 aliphatic heterocycles. The van der Waals surface area contributed by atoms with E-state index in [1.165, 1.54) is 46.7 Å². The van der Waals surface area contributed by atoms with Crippen LogP contribution in [0.1, 0.15) is 25.6 Å². The number of fused-ring (bicyclic) bond motifs is 1. The lowest BCUT2D eigenvalue weighted by Crippen LogP contribution is -2.16. The van der Waals surface area contributed by atoms with Crippen LogP contribution in [-0.2, 0) is 10.0 Å². The lowest BCUT2D eigenvalue weighted by molar-refractivity contribution is 0.560. The number of rotatable bonds is 3. The Morgan fingerprint density at radius 1 is 1.18 bits per heavy atom. The fourth-order valence-corrected chi connectivity index (χ4v) is 3.70. The molecule has 3 rings (SSSR count). The molecule has 0 unspecified atom stereocenters. The quantitative estimate of drug-likeness (QED) is 0.692. The van der Waals surface area contributed by atoms with Crippen LogP contribution in [0.3, 0.4) is 0 Å². The molecule has 0 spiro atoms. The van der Waals surface area contributed by atoms with Crippen molar-refractivity contribution in [3.8, 4) is 0 Å². The zero-order valence-corrected chi connectivity index (χ0v) is 12.9. The Bertz CT molecular complexity index is 1000. The summed E-state index contributed by atoms with van der Waals surface area (Å²) in [5.41, 5.74) is -0.124. The minimum atomic E-state index is -3.74. The minimum absolute atomic E-state index is 0.0248. The van der Waals surface area contributed by atoms with Gasteiger partial charge in [-0.25, -0.2) is 22.2 Å². The number of nitrogens with zero attached hydrogens (tertiary/aromatic N) is 2.